The minimum atomic E-state index is 0.419. The van der Waals surface area contributed by atoms with Crippen molar-refractivity contribution >= 4 is 11.4 Å². The highest BCUT2D eigenvalue weighted by Gasteiger charge is 2.17. The van der Waals surface area contributed by atoms with Gasteiger partial charge in [0.15, 0.2) is 0 Å². The van der Waals surface area contributed by atoms with Crippen LogP contribution in [0, 0.1) is 13.8 Å². The maximum absolute atomic E-state index is 6.01. The highest BCUT2D eigenvalue weighted by atomic mass is 14.5. The van der Waals surface area contributed by atoms with Gasteiger partial charge in [-0.15, -0.1) is 0 Å². The van der Waals surface area contributed by atoms with Crippen LogP contribution in [0.5, 0.6) is 0 Å². The summed E-state index contributed by atoms with van der Waals surface area (Å²) in [6, 6.07) is 31.3. The molecule has 2 heteroatoms. The van der Waals surface area contributed by atoms with E-state index in [4.69, 9.17) is 11.5 Å². The van der Waals surface area contributed by atoms with E-state index in [9.17, 15) is 0 Å². The molecule has 0 aliphatic heterocycles. The molecule has 0 aromatic heterocycles. The summed E-state index contributed by atoms with van der Waals surface area (Å²) in [6.07, 6.45) is 6.70. The van der Waals surface area contributed by atoms with E-state index in [1.165, 1.54) is 44.5 Å². The highest BCUT2D eigenvalue weighted by Crippen LogP contribution is 2.34. The number of nitrogens with two attached hydrogens (primary N) is 2. The second kappa shape index (κ2) is 12.8. The summed E-state index contributed by atoms with van der Waals surface area (Å²) in [4.78, 5) is 0. The van der Waals surface area contributed by atoms with Gasteiger partial charge >= 0.3 is 0 Å². The van der Waals surface area contributed by atoms with Crippen molar-refractivity contribution in [2.45, 2.75) is 78.1 Å². The smallest absolute Gasteiger partial charge is 0.0316 e. The van der Waals surface area contributed by atoms with E-state index in [1.807, 2.05) is 12.1 Å². The van der Waals surface area contributed by atoms with Crippen LogP contribution < -0.4 is 11.5 Å². The zero-order valence-electron chi connectivity index (χ0n) is 23.6. The number of anilines is 2. The maximum atomic E-state index is 6.01. The summed E-state index contributed by atoms with van der Waals surface area (Å²) in [5, 5.41) is 0. The van der Waals surface area contributed by atoms with Gasteiger partial charge in [-0.05, 0) is 108 Å². The fourth-order valence-electron chi connectivity index (χ4n) is 5.88. The molecule has 2 nitrogen and oxygen atoms in total. The van der Waals surface area contributed by atoms with Crippen LogP contribution in [0.15, 0.2) is 84.9 Å². The summed E-state index contributed by atoms with van der Waals surface area (Å²) in [7, 11) is 0. The Hall–Kier alpha value is -3.52. The second-order valence-corrected chi connectivity index (χ2v) is 10.9. The predicted octanol–water partition coefficient (Wildman–Crippen LogP) is 9.12. The van der Waals surface area contributed by atoms with Crippen LogP contribution in [-0.4, -0.2) is 0 Å². The number of benzene rings is 4. The summed E-state index contributed by atoms with van der Waals surface area (Å²) >= 11 is 0. The standard InChI is InChI=1S/C36H44N2/c1-5-7-35(33-21-19-31(37)23-25(33)3)29-15-11-27(12-16-29)9-10-28-13-17-30(18-14-28)36(8-6-2)34-22-20-32(38)24-26(34)4/h11-24,35-36H,5-10,37-38H2,1-4H3. The zero-order valence-corrected chi connectivity index (χ0v) is 23.6. The lowest BCUT2D eigenvalue weighted by atomic mass is 9.84. The van der Waals surface area contributed by atoms with Crippen molar-refractivity contribution < 1.29 is 0 Å². The maximum Gasteiger partial charge on any atom is 0.0316 e. The third-order valence-electron chi connectivity index (χ3n) is 7.96. The average molecular weight is 505 g/mol. The lowest BCUT2D eigenvalue weighted by Gasteiger charge is -2.21. The Morgan fingerprint density at radius 2 is 0.895 bits per heavy atom. The van der Waals surface area contributed by atoms with Crippen molar-refractivity contribution in [3.8, 4) is 0 Å². The Labute approximate surface area is 230 Å². The molecule has 0 saturated carbocycles. The van der Waals surface area contributed by atoms with E-state index >= 15 is 0 Å². The molecule has 0 bridgehead atoms. The van der Waals surface area contributed by atoms with Gasteiger partial charge in [-0.3, -0.25) is 0 Å². The van der Waals surface area contributed by atoms with Crippen molar-refractivity contribution in [3.63, 3.8) is 0 Å². The minimum absolute atomic E-state index is 0.419. The Morgan fingerprint density at radius 3 is 1.21 bits per heavy atom. The van der Waals surface area contributed by atoms with E-state index in [-0.39, 0.29) is 0 Å². The van der Waals surface area contributed by atoms with Gasteiger partial charge in [0.25, 0.3) is 0 Å². The molecule has 0 heterocycles. The molecule has 0 saturated heterocycles. The summed E-state index contributed by atoms with van der Waals surface area (Å²) in [5.74, 6) is 0.839. The van der Waals surface area contributed by atoms with Gasteiger partial charge < -0.3 is 11.5 Å². The second-order valence-electron chi connectivity index (χ2n) is 10.9. The van der Waals surface area contributed by atoms with E-state index in [0.29, 0.717) is 11.8 Å². The van der Waals surface area contributed by atoms with Crippen molar-refractivity contribution in [3.05, 3.63) is 129 Å². The molecular formula is C36H44N2. The first-order valence-corrected chi connectivity index (χ1v) is 14.3. The van der Waals surface area contributed by atoms with E-state index < -0.39 is 0 Å². The molecule has 0 amide bonds. The molecule has 2 atom stereocenters. The van der Waals surface area contributed by atoms with Crippen molar-refractivity contribution in [2.24, 2.45) is 0 Å². The molecule has 4 rings (SSSR count). The number of hydrogen-bond acceptors (Lipinski definition) is 2. The van der Waals surface area contributed by atoms with Gasteiger partial charge in [0.1, 0.15) is 0 Å². The molecule has 4 N–H and O–H groups in total. The molecule has 198 valence electrons. The summed E-state index contributed by atoms with van der Waals surface area (Å²) < 4.78 is 0. The first-order chi connectivity index (χ1) is 18.4. The minimum Gasteiger partial charge on any atom is -0.399 e. The zero-order chi connectivity index (χ0) is 27.1. The quantitative estimate of drug-likeness (QED) is 0.200. The lowest BCUT2D eigenvalue weighted by Crippen LogP contribution is -2.05. The average Bonchev–Trinajstić information content (AvgIpc) is 2.91. The molecule has 2 unspecified atom stereocenters. The van der Waals surface area contributed by atoms with Crippen LogP contribution in [0.2, 0.25) is 0 Å². The Morgan fingerprint density at radius 1 is 0.526 bits per heavy atom. The SMILES string of the molecule is CCCC(c1ccc(CCc2ccc(C(CCC)c3ccc(N)cc3C)cc2)cc1)c1ccc(N)cc1C. The van der Waals surface area contributed by atoms with Gasteiger partial charge in [-0.1, -0.05) is 87.4 Å². The summed E-state index contributed by atoms with van der Waals surface area (Å²) in [5.41, 5.74) is 24.6. The van der Waals surface area contributed by atoms with Crippen LogP contribution in [-0.2, 0) is 12.8 Å². The predicted molar refractivity (Wildman–Crippen MR) is 165 cm³/mol. The van der Waals surface area contributed by atoms with Crippen LogP contribution >= 0.6 is 0 Å². The van der Waals surface area contributed by atoms with Gasteiger partial charge in [-0.2, -0.15) is 0 Å². The van der Waals surface area contributed by atoms with Gasteiger partial charge in [0.05, 0.1) is 0 Å². The van der Waals surface area contributed by atoms with Gasteiger partial charge in [0.2, 0.25) is 0 Å². The van der Waals surface area contributed by atoms with E-state index in [1.54, 1.807) is 0 Å². The molecule has 38 heavy (non-hydrogen) atoms. The van der Waals surface area contributed by atoms with Crippen molar-refractivity contribution in [2.75, 3.05) is 11.5 Å². The molecular weight excluding hydrogens is 460 g/mol. The van der Waals surface area contributed by atoms with E-state index in [2.05, 4.69) is 100 Å². The van der Waals surface area contributed by atoms with Crippen LogP contribution in [0.1, 0.15) is 95.9 Å². The Kier molecular flexibility index (Phi) is 9.29. The van der Waals surface area contributed by atoms with Crippen LogP contribution in [0.3, 0.4) is 0 Å². The number of aryl methyl sites for hydroxylation is 4. The molecule has 0 aliphatic carbocycles. The molecule has 4 aromatic carbocycles. The van der Waals surface area contributed by atoms with Crippen molar-refractivity contribution in [1.82, 2.24) is 0 Å². The van der Waals surface area contributed by atoms with Crippen molar-refractivity contribution in [1.29, 1.82) is 0 Å². The molecule has 4 aromatic rings. The molecule has 0 radical (unpaired) electrons. The number of hydrogen-bond donors (Lipinski definition) is 2. The Balaban J connectivity index is 1.43. The normalized spacial score (nSPS) is 12.8. The molecule has 0 aliphatic rings. The first-order valence-electron chi connectivity index (χ1n) is 14.3. The highest BCUT2D eigenvalue weighted by molar-refractivity contribution is 5.49. The largest absolute Gasteiger partial charge is 0.399 e. The number of rotatable bonds is 11. The van der Waals surface area contributed by atoms with E-state index in [0.717, 1.165) is 49.9 Å². The first kappa shape index (κ1) is 27.5. The summed E-state index contributed by atoms with van der Waals surface area (Å²) in [6.45, 7) is 8.88. The lowest BCUT2D eigenvalue weighted by molar-refractivity contribution is 0.694. The fourth-order valence-corrected chi connectivity index (χ4v) is 5.88. The van der Waals surface area contributed by atoms with Crippen LogP contribution in [0.25, 0.3) is 0 Å². The topological polar surface area (TPSA) is 52.0 Å². The molecule has 0 spiro atoms. The monoisotopic (exact) mass is 504 g/mol. The van der Waals surface area contributed by atoms with Crippen LogP contribution in [0.4, 0.5) is 11.4 Å². The Bertz CT molecular complexity index is 1210. The third kappa shape index (κ3) is 6.67. The third-order valence-corrected chi connectivity index (χ3v) is 7.96. The van der Waals surface area contributed by atoms with Gasteiger partial charge in [-0.25, -0.2) is 0 Å². The number of nitrogen functional groups attached to an aromatic ring is 2. The van der Waals surface area contributed by atoms with Gasteiger partial charge in [0, 0.05) is 23.2 Å². The fraction of sp³-hybridized carbons (Fsp3) is 0.333. The molecule has 0 fully saturated rings.